The van der Waals surface area contributed by atoms with Gasteiger partial charge in [0, 0.05) is 12.7 Å². The van der Waals surface area contributed by atoms with Gasteiger partial charge in [0.05, 0.1) is 12.1 Å². The fourth-order valence-corrected chi connectivity index (χ4v) is 4.10. The van der Waals surface area contributed by atoms with E-state index in [2.05, 4.69) is 33.9 Å². The SMILES string of the molecule is CC(NC(=O)c1ccn(C2CCCNC2)n1)c1ccc2c(c1)CCCC2.Cl. The van der Waals surface area contributed by atoms with Crippen LogP contribution in [0.5, 0.6) is 0 Å². The molecule has 146 valence electrons. The van der Waals surface area contributed by atoms with Gasteiger partial charge in [-0.3, -0.25) is 9.48 Å². The van der Waals surface area contributed by atoms with Crippen LogP contribution in [0.4, 0.5) is 0 Å². The van der Waals surface area contributed by atoms with E-state index in [9.17, 15) is 4.79 Å². The van der Waals surface area contributed by atoms with E-state index in [1.165, 1.54) is 36.0 Å². The Labute approximate surface area is 167 Å². The maximum Gasteiger partial charge on any atom is 0.272 e. The third-order valence-corrected chi connectivity index (χ3v) is 5.71. The molecule has 1 saturated heterocycles. The lowest BCUT2D eigenvalue weighted by atomic mass is 9.89. The highest BCUT2D eigenvalue weighted by Gasteiger charge is 2.19. The zero-order chi connectivity index (χ0) is 17.9. The highest BCUT2D eigenvalue weighted by atomic mass is 35.5. The molecule has 1 amide bonds. The van der Waals surface area contributed by atoms with E-state index >= 15 is 0 Å². The van der Waals surface area contributed by atoms with Crippen molar-refractivity contribution in [1.82, 2.24) is 20.4 Å². The largest absolute Gasteiger partial charge is 0.344 e. The molecular weight excluding hydrogens is 360 g/mol. The second-order valence-corrected chi connectivity index (χ2v) is 7.61. The number of aromatic nitrogens is 2. The molecule has 5 nitrogen and oxygen atoms in total. The number of hydrogen-bond donors (Lipinski definition) is 2. The van der Waals surface area contributed by atoms with Crippen molar-refractivity contribution in [3.63, 3.8) is 0 Å². The predicted molar refractivity (Wildman–Crippen MR) is 110 cm³/mol. The number of nitrogens with zero attached hydrogens (tertiary/aromatic N) is 2. The summed E-state index contributed by atoms with van der Waals surface area (Å²) in [6.07, 6.45) is 9.09. The minimum Gasteiger partial charge on any atom is -0.344 e. The average molecular weight is 389 g/mol. The van der Waals surface area contributed by atoms with Crippen molar-refractivity contribution in [2.24, 2.45) is 0 Å². The minimum absolute atomic E-state index is 0. The van der Waals surface area contributed by atoms with Gasteiger partial charge < -0.3 is 10.6 Å². The van der Waals surface area contributed by atoms with Crippen LogP contribution in [-0.2, 0) is 12.8 Å². The van der Waals surface area contributed by atoms with E-state index in [1.54, 1.807) is 0 Å². The summed E-state index contributed by atoms with van der Waals surface area (Å²) in [4.78, 5) is 12.6. The van der Waals surface area contributed by atoms with Crippen LogP contribution in [0.3, 0.4) is 0 Å². The number of rotatable bonds is 4. The van der Waals surface area contributed by atoms with E-state index in [-0.39, 0.29) is 24.4 Å². The van der Waals surface area contributed by atoms with Crippen molar-refractivity contribution in [1.29, 1.82) is 0 Å². The van der Waals surface area contributed by atoms with Crippen molar-refractivity contribution in [2.75, 3.05) is 13.1 Å². The van der Waals surface area contributed by atoms with Crippen LogP contribution in [0, 0.1) is 0 Å². The molecule has 2 atom stereocenters. The number of hydrogen-bond acceptors (Lipinski definition) is 3. The first kappa shape index (κ1) is 19.9. The lowest BCUT2D eigenvalue weighted by molar-refractivity contribution is 0.0933. The molecule has 4 rings (SSSR count). The van der Waals surface area contributed by atoms with Crippen LogP contribution in [0.25, 0.3) is 0 Å². The van der Waals surface area contributed by atoms with Crippen LogP contribution in [0.15, 0.2) is 30.5 Å². The molecular formula is C21H29ClN4O. The fourth-order valence-electron chi connectivity index (χ4n) is 4.10. The summed E-state index contributed by atoms with van der Waals surface area (Å²) in [5.41, 5.74) is 4.59. The summed E-state index contributed by atoms with van der Waals surface area (Å²) in [7, 11) is 0. The van der Waals surface area contributed by atoms with Crippen LogP contribution in [-0.4, -0.2) is 28.8 Å². The topological polar surface area (TPSA) is 59.0 Å². The third kappa shape index (κ3) is 4.53. The molecule has 1 aliphatic heterocycles. The molecule has 2 aromatic rings. The van der Waals surface area contributed by atoms with Gasteiger partial charge in [-0.25, -0.2) is 0 Å². The standard InChI is InChI=1S/C21H28N4O.ClH/c1-15(17-9-8-16-5-2-3-6-18(16)13-17)23-21(26)20-10-12-25(24-20)19-7-4-11-22-14-19;/h8-10,12-13,15,19,22H,2-7,11,14H2,1H3,(H,23,26);1H. The molecule has 1 aromatic carbocycles. The first-order valence-electron chi connectivity index (χ1n) is 9.89. The predicted octanol–water partition coefficient (Wildman–Crippen LogP) is 3.60. The summed E-state index contributed by atoms with van der Waals surface area (Å²) in [5.74, 6) is -0.0993. The number of amides is 1. The molecule has 2 heterocycles. The summed E-state index contributed by atoms with van der Waals surface area (Å²) >= 11 is 0. The van der Waals surface area contributed by atoms with Gasteiger partial charge in [0.25, 0.3) is 5.91 Å². The Balaban J connectivity index is 0.00000210. The number of fused-ring (bicyclic) bond motifs is 1. The van der Waals surface area contributed by atoms with Crippen LogP contribution < -0.4 is 10.6 Å². The van der Waals surface area contributed by atoms with Crippen molar-refractivity contribution in [2.45, 2.75) is 57.5 Å². The van der Waals surface area contributed by atoms with Gasteiger partial charge in [0.1, 0.15) is 5.69 Å². The Kier molecular flexibility index (Phi) is 6.55. The van der Waals surface area contributed by atoms with E-state index in [4.69, 9.17) is 0 Å². The van der Waals surface area contributed by atoms with Crippen molar-refractivity contribution in [3.8, 4) is 0 Å². The Morgan fingerprint density at radius 2 is 2.04 bits per heavy atom. The van der Waals surface area contributed by atoms with Gasteiger partial charge in [-0.2, -0.15) is 5.10 Å². The number of piperidine rings is 1. The maximum atomic E-state index is 12.6. The molecule has 2 aliphatic rings. The quantitative estimate of drug-likeness (QED) is 0.841. The zero-order valence-corrected chi connectivity index (χ0v) is 16.7. The van der Waals surface area contributed by atoms with Crippen molar-refractivity contribution < 1.29 is 4.79 Å². The lowest BCUT2D eigenvalue weighted by Gasteiger charge is -2.23. The first-order valence-corrected chi connectivity index (χ1v) is 9.89. The Morgan fingerprint density at radius 1 is 1.22 bits per heavy atom. The van der Waals surface area contributed by atoms with Crippen molar-refractivity contribution in [3.05, 3.63) is 52.8 Å². The van der Waals surface area contributed by atoms with Gasteiger partial charge >= 0.3 is 0 Å². The Hall–Kier alpha value is -1.85. The van der Waals surface area contributed by atoms with Crippen LogP contribution in [0.1, 0.15) is 71.9 Å². The second kappa shape index (κ2) is 8.89. The van der Waals surface area contributed by atoms with E-state index in [0.29, 0.717) is 11.7 Å². The normalized spacial score (nSPS) is 20.3. The second-order valence-electron chi connectivity index (χ2n) is 7.61. The van der Waals surface area contributed by atoms with Gasteiger partial charge in [-0.05, 0) is 74.8 Å². The Morgan fingerprint density at radius 3 is 2.81 bits per heavy atom. The highest BCUT2D eigenvalue weighted by Crippen LogP contribution is 2.25. The van der Waals surface area contributed by atoms with E-state index < -0.39 is 0 Å². The molecule has 1 fully saturated rings. The van der Waals surface area contributed by atoms with Gasteiger partial charge in [0.15, 0.2) is 0 Å². The highest BCUT2D eigenvalue weighted by molar-refractivity contribution is 5.92. The zero-order valence-electron chi connectivity index (χ0n) is 15.9. The number of benzene rings is 1. The number of carbonyl (C=O) groups excluding carboxylic acids is 1. The fraction of sp³-hybridized carbons (Fsp3) is 0.524. The van der Waals surface area contributed by atoms with Gasteiger partial charge in [0.2, 0.25) is 0 Å². The molecule has 0 saturated carbocycles. The maximum absolute atomic E-state index is 12.6. The first-order chi connectivity index (χ1) is 12.7. The van der Waals surface area contributed by atoms with E-state index in [0.717, 1.165) is 32.4 Å². The van der Waals surface area contributed by atoms with Gasteiger partial charge in [-0.1, -0.05) is 18.2 Å². The molecule has 1 aromatic heterocycles. The van der Waals surface area contributed by atoms with Crippen LogP contribution in [0.2, 0.25) is 0 Å². The molecule has 0 radical (unpaired) electrons. The lowest BCUT2D eigenvalue weighted by Crippen LogP contribution is -2.32. The smallest absolute Gasteiger partial charge is 0.272 e. The average Bonchev–Trinajstić information content (AvgIpc) is 3.18. The molecule has 6 heteroatoms. The minimum atomic E-state index is -0.0993. The van der Waals surface area contributed by atoms with Crippen molar-refractivity contribution >= 4 is 18.3 Å². The molecule has 27 heavy (non-hydrogen) atoms. The summed E-state index contributed by atoms with van der Waals surface area (Å²) < 4.78 is 1.94. The monoisotopic (exact) mass is 388 g/mol. The number of nitrogens with one attached hydrogen (secondary N) is 2. The van der Waals surface area contributed by atoms with Gasteiger partial charge in [-0.15, -0.1) is 12.4 Å². The number of aryl methyl sites for hydroxylation is 2. The molecule has 0 spiro atoms. The number of halogens is 1. The Bertz CT molecular complexity index is 782. The molecule has 2 N–H and O–H groups in total. The summed E-state index contributed by atoms with van der Waals surface area (Å²) in [6, 6.07) is 8.81. The molecule has 2 unspecified atom stereocenters. The van der Waals surface area contributed by atoms with Crippen LogP contribution >= 0.6 is 12.4 Å². The van der Waals surface area contributed by atoms with E-state index in [1.807, 2.05) is 23.9 Å². The summed E-state index contributed by atoms with van der Waals surface area (Å²) in [6.45, 7) is 4.04. The summed E-state index contributed by atoms with van der Waals surface area (Å²) in [5, 5.41) is 11.0. The third-order valence-electron chi connectivity index (χ3n) is 5.71. The molecule has 1 aliphatic carbocycles. The molecule has 0 bridgehead atoms. The number of carbonyl (C=O) groups is 1.